The van der Waals surface area contributed by atoms with E-state index < -0.39 is 17.9 Å². The maximum atomic E-state index is 12.3. The Hall–Kier alpha value is -0.180. The highest BCUT2D eigenvalue weighted by Crippen LogP contribution is 2.36. The van der Waals surface area contributed by atoms with E-state index in [0.717, 1.165) is 12.8 Å². The fourth-order valence-corrected chi connectivity index (χ4v) is 1.74. The number of hydrogen-bond donors (Lipinski definition) is 1. The van der Waals surface area contributed by atoms with Crippen LogP contribution in [0, 0.1) is 5.92 Å². The monoisotopic (exact) mass is 164 g/mol. The minimum Gasteiger partial charge on any atom is -0.390 e. The van der Waals surface area contributed by atoms with Gasteiger partial charge in [0.15, 0.2) is 0 Å². The molecule has 1 rings (SSSR count). The van der Waals surface area contributed by atoms with Gasteiger partial charge in [0.1, 0.15) is 0 Å². The Morgan fingerprint density at radius 2 is 2.09 bits per heavy atom. The first-order valence-electron chi connectivity index (χ1n) is 4.04. The summed E-state index contributed by atoms with van der Waals surface area (Å²) in [6, 6.07) is 0. The molecule has 1 saturated carbocycles. The zero-order valence-electron chi connectivity index (χ0n) is 6.69. The number of aliphatic hydroxyl groups is 1. The van der Waals surface area contributed by atoms with Crippen molar-refractivity contribution in [3.05, 3.63) is 0 Å². The molecule has 0 radical (unpaired) electrons. The summed E-state index contributed by atoms with van der Waals surface area (Å²) >= 11 is 0. The normalized spacial score (nSPS) is 39.5. The van der Waals surface area contributed by atoms with Crippen LogP contribution in [0.5, 0.6) is 0 Å². The molecule has 0 aromatic heterocycles. The van der Waals surface area contributed by atoms with Gasteiger partial charge in [0.25, 0.3) is 0 Å². The molecular formula is C8H14F2O. The van der Waals surface area contributed by atoms with Gasteiger partial charge in [-0.15, -0.1) is 0 Å². The molecule has 66 valence electrons. The van der Waals surface area contributed by atoms with Crippen molar-refractivity contribution < 1.29 is 13.9 Å². The molecule has 1 fully saturated rings. The van der Waals surface area contributed by atoms with E-state index in [1.165, 1.54) is 6.92 Å². The summed E-state index contributed by atoms with van der Waals surface area (Å²) in [5, 5.41) is 9.52. The predicted molar refractivity (Wildman–Crippen MR) is 38.6 cm³/mol. The highest BCUT2D eigenvalue weighted by atomic mass is 19.3. The Morgan fingerprint density at radius 1 is 1.45 bits per heavy atom. The lowest BCUT2D eigenvalue weighted by molar-refractivity contribution is -0.0962. The maximum absolute atomic E-state index is 12.3. The van der Waals surface area contributed by atoms with Crippen LogP contribution < -0.4 is 0 Å². The first-order chi connectivity index (χ1) is 5.04. The molecule has 1 aliphatic rings. The quantitative estimate of drug-likeness (QED) is 0.629. The topological polar surface area (TPSA) is 20.2 Å². The molecule has 0 amide bonds. The van der Waals surface area contributed by atoms with E-state index in [0.29, 0.717) is 12.8 Å². The average Bonchev–Trinajstić information content (AvgIpc) is 1.85. The van der Waals surface area contributed by atoms with Gasteiger partial charge in [-0.3, -0.25) is 0 Å². The highest BCUT2D eigenvalue weighted by Gasteiger charge is 2.39. The van der Waals surface area contributed by atoms with Crippen LogP contribution >= 0.6 is 0 Å². The van der Waals surface area contributed by atoms with Crippen molar-refractivity contribution in [2.75, 3.05) is 0 Å². The van der Waals surface area contributed by atoms with Crippen molar-refractivity contribution in [2.24, 2.45) is 5.92 Å². The van der Waals surface area contributed by atoms with E-state index in [2.05, 4.69) is 0 Å². The van der Waals surface area contributed by atoms with Gasteiger partial charge in [0, 0.05) is 5.92 Å². The minimum absolute atomic E-state index is 0.463. The summed E-state index contributed by atoms with van der Waals surface area (Å²) in [6.45, 7) is 1.52. The number of hydrogen-bond acceptors (Lipinski definition) is 1. The summed E-state index contributed by atoms with van der Waals surface area (Å²) in [4.78, 5) is 0. The van der Waals surface area contributed by atoms with Crippen molar-refractivity contribution in [1.82, 2.24) is 0 Å². The van der Waals surface area contributed by atoms with Crippen LogP contribution in [0.15, 0.2) is 0 Å². The van der Waals surface area contributed by atoms with Crippen LogP contribution in [0.1, 0.15) is 32.6 Å². The van der Waals surface area contributed by atoms with Gasteiger partial charge in [0.2, 0.25) is 6.43 Å². The standard InChI is InChI=1S/C8H14F2O/c1-8(11)5-3-2-4-6(8)7(9)10/h6-7,11H,2-5H2,1H3/t6-,8+/m0/s1. The molecule has 0 aromatic rings. The van der Waals surface area contributed by atoms with E-state index in [1.54, 1.807) is 0 Å². The zero-order chi connectivity index (χ0) is 8.48. The lowest BCUT2D eigenvalue weighted by Gasteiger charge is -2.36. The fourth-order valence-electron chi connectivity index (χ4n) is 1.74. The van der Waals surface area contributed by atoms with E-state index in [9.17, 15) is 13.9 Å². The summed E-state index contributed by atoms with van der Waals surface area (Å²) in [7, 11) is 0. The van der Waals surface area contributed by atoms with Crippen LogP contribution in [-0.4, -0.2) is 17.1 Å². The van der Waals surface area contributed by atoms with E-state index in [1.807, 2.05) is 0 Å². The third-order valence-electron chi connectivity index (χ3n) is 2.55. The first-order valence-corrected chi connectivity index (χ1v) is 4.04. The van der Waals surface area contributed by atoms with Crippen LogP contribution in [0.25, 0.3) is 0 Å². The number of halogens is 2. The first kappa shape index (κ1) is 8.91. The van der Waals surface area contributed by atoms with E-state index in [-0.39, 0.29) is 0 Å². The molecule has 0 bridgehead atoms. The predicted octanol–water partition coefficient (Wildman–Crippen LogP) is 2.19. The molecule has 0 unspecified atom stereocenters. The Kier molecular flexibility index (Phi) is 2.47. The number of rotatable bonds is 1. The summed E-state index contributed by atoms with van der Waals surface area (Å²) in [5.41, 5.74) is -1.13. The molecule has 0 saturated heterocycles. The third kappa shape index (κ3) is 1.89. The van der Waals surface area contributed by atoms with Gasteiger partial charge >= 0.3 is 0 Å². The highest BCUT2D eigenvalue weighted by molar-refractivity contribution is 4.87. The zero-order valence-corrected chi connectivity index (χ0v) is 6.69. The lowest BCUT2D eigenvalue weighted by Crippen LogP contribution is -2.41. The van der Waals surface area contributed by atoms with Crippen molar-refractivity contribution in [3.63, 3.8) is 0 Å². The van der Waals surface area contributed by atoms with E-state index >= 15 is 0 Å². The molecule has 1 aliphatic carbocycles. The van der Waals surface area contributed by atoms with Gasteiger partial charge in [-0.2, -0.15) is 0 Å². The van der Waals surface area contributed by atoms with Crippen LogP contribution in [0.2, 0.25) is 0 Å². The van der Waals surface area contributed by atoms with Crippen molar-refractivity contribution in [2.45, 2.75) is 44.6 Å². The van der Waals surface area contributed by atoms with Gasteiger partial charge in [-0.25, -0.2) is 8.78 Å². The molecule has 3 heteroatoms. The van der Waals surface area contributed by atoms with Crippen molar-refractivity contribution in [1.29, 1.82) is 0 Å². The molecule has 0 spiro atoms. The summed E-state index contributed by atoms with van der Waals surface area (Å²) < 4.78 is 24.5. The summed E-state index contributed by atoms with van der Waals surface area (Å²) in [5.74, 6) is -0.809. The van der Waals surface area contributed by atoms with E-state index in [4.69, 9.17) is 0 Å². The fraction of sp³-hybridized carbons (Fsp3) is 1.00. The van der Waals surface area contributed by atoms with Gasteiger partial charge in [-0.05, 0) is 19.8 Å². The smallest absolute Gasteiger partial charge is 0.244 e. The SMILES string of the molecule is C[C@@]1(O)CCCC[C@H]1C(F)F. The number of alkyl halides is 2. The van der Waals surface area contributed by atoms with Gasteiger partial charge in [-0.1, -0.05) is 12.8 Å². The van der Waals surface area contributed by atoms with Gasteiger partial charge < -0.3 is 5.11 Å². The average molecular weight is 164 g/mol. The Bertz CT molecular complexity index is 134. The summed E-state index contributed by atoms with van der Waals surface area (Å²) in [6.07, 6.45) is 0.305. The molecule has 0 heterocycles. The van der Waals surface area contributed by atoms with Crippen LogP contribution in [0.3, 0.4) is 0 Å². The Morgan fingerprint density at radius 3 is 2.45 bits per heavy atom. The molecule has 0 aliphatic heterocycles. The van der Waals surface area contributed by atoms with Crippen molar-refractivity contribution >= 4 is 0 Å². The second-order valence-electron chi connectivity index (χ2n) is 3.54. The Balaban J connectivity index is 2.60. The van der Waals surface area contributed by atoms with Crippen LogP contribution in [0.4, 0.5) is 8.78 Å². The minimum atomic E-state index is -2.37. The third-order valence-corrected chi connectivity index (χ3v) is 2.55. The lowest BCUT2D eigenvalue weighted by atomic mass is 9.77. The molecular weight excluding hydrogens is 150 g/mol. The molecule has 1 nitrogen and oxygen atoms in total. The maximum Gasteiger partial charge on any atom is 0.244 e. The second-order valence-corrected chi connectivity index (χ2v) is 3.54. The molecule has 1 N–H and O–H groups in total. The Labute approximate surface area is 65.4 Å². The largest absolute Gasteiger partial charge is 0.390 e. The molecule has 0 aromatic carbocycles. The molecule has 2 atom stereocenters. The second kappa shape index (κ2) is 3.05. The van der Waals surface area contributed by atoms with Gasteiger partial charge in [0.05, 0.1) is 5.60 Å². The van der Waals surface area contributed by atoms with Crippen molar-refractivity contribution in [3.8, 4) is 0 Å². The molecule has 11 heavy (non-hydrogen) atoms. The van der Waals surface area contributed by atoms with Crippen LogP contribution in [-0.2, 0) is 0 Å².